The molecule has 0 saturated carbocycles. The van der Waals surface area contributed by atoms with Crippen molar-refractivity contribution < 1.29 is 19.4 Å². The van der Waals surface area contributed by atoms with Crippen molar-refractivity contribution in [2.45, 2.75) is 38.7 Å². The molecule has 0 unspecified atom stereocenters. The van der Waals surface area contributed by atoms with E-state index in [1.807, 2.05) is 6.92 Å². The van der Waals surface area contributed by atoms with Crippen LogP contribution in [0.5, 0.6) is 0 Å². The van der Waals surface area contributed by atoms with Crippen molar-refractivity contribution in [3.05, 3.63) is 0 Å². The largest absolute Gasteiger partial charge is 0.479 e. The molecule has 1 rings (SSSR count). The lowest BCUT2D eigenvalue weighted by Gasteiger charge is -2.01. The molecule has 1 fully saturated rings. The second kappa shape index (κ2) is 4.25. The molecule has 2 atom stereocenters. The molecule has 1 aliphatic rings. The number of carbonyl (C=O) groups is 2. The molecule has 0 aromatic carbocycles. The Balaban J connectivity index is 2.42. The molecule has 0 radical (unpaired) electrons. The molecule has 0 aliphatic carbocycles. The number of rotatable bonds is 4. The van der Waals surface area contributed by atoms with Gasteiger partial charge in [-0.05, 0) is 6.42 Å². The molecule has 0 spiro atoms. The molecule has 4 heteroatoms. The number of cyclic esters (lactones) is 1. The van der Waals surface area contributed by atoms with Gasteiger partial charge >= 0.3 is 11.9 Å². The lowest BCUT2D eigenvalue weighted by atomic mass is 9.98. The highest BCUT2D eigenvalue weighted by Gasteiger charge is 2.37. The van der Waals surface area contributed by atoms with Gasteiger partial charge in [-0.1, -0.05) is 19.8 Å². The second-order valence-electron chi connectivity index (χ2n) is 3.34. The summed E-state index contributed by atoms with van der Waals surface area (Å²) in [7, 11) is 0. The molecule has 1 saturated heterocycles. The lowest BCUT2D eigenvalue weighted by molar-refractivity contribution is -0.157. The third-order valence-corrected chi connectivity index (χ3v) is 2.27. The first-order valence-corrected chi connectivity index (χ1v) is 4.58. The van der Waals surface area contributed by atoms with Crippen molar-refractivity contribution in [1.82, 2.24) is 0 Å². The highest BCUT2D eigenvalue weighted by molar-refractivity contribution is 5.83. The van der Waals surface area contributed by atoms with Crippen LogP contribution in [0.15, 0.2) is 0 Å². The molecule has 1 aliphatic heterocycles. The number of carboxylic acid groups (broad SMARTS) is 1. The van der Waals surface area contributed by atoms with Crippen LogP contribution in [0.3, 0.4) is 0 Å². The number of aliphatic carboxylic acids is 1. The Morgan fingerprint density at radius 1 is 1.69 bits per heavy atom. The van der Waals surface area contributed by atoms with E-state index in [1.165, 1.54) is 0 Å². The van der Waals surface area contributed by atoms with Crippen LogP contribution >= 0.6 is 0 Å². The fourth-order valence-corrected chi connectivity index (χ4v) is 1.48. The average molecular weight is 186 g/mol. The second-order valence-corrected chi connectivity index (χ2v) is 3.34. The molecule has 0 aromatic heterocycles. The van der Waals surface area contributed by atoms with Crippen LogP contribution in [0.1, 0.15) is 32.6 Å². The average Bonchev–Trinajstić information content (AvgIpc) is 2.44. The minimum absolute atomic E-state index is 0.193. The zero-order chi connectivity index (χ0) is 9.84. The molecular formula is C9H14O4. The van der Waals surface area contributed by atoms with Crippen molar-refractivity contribution in [3.63, 3.8) is 0 Å². The van der Waals surface area contributed by atoms with Gasteiger partial charge in [-0.25, -0.2) is 4.79 Å². The maximum absolute atomic E-state index is 11.1. The molecule has 0 aromatic rings. The molecule has 0 amide bonds. The smallest absolute Gasteiger partial charge is 0.345 e. The summed E-state index contributed by atoms with van der Waals surface area (Å²) in [6.07, 6.45) is 2.15. The third kappa shape index (κ3) is 2.44. The monoisotopic (exact) mass is 186 g/mol. The first-order chi connectivity index (χ1) is 6.15. The van der Waals surface area contributed by atoms with Crippen LogP contribution in [0.4, 0.5) is 0 Å². The summed E-state index contributed by atoms with van der Waals surface area (Å²) < 4.78 is 4.69. The minimum atomic E-state index is -1.03. The Kier molecular flexibility index (Phi) is 3.28. The van der Waals surface area contributed by atoms with Gasteiger partial charge in [-0.2, -0.15) is 0 Å². The van der Waals surface area contributed by atoms with Gasteiger partial charge in [-0.3, -0.25) is 4.79 Å². The Hall–Kier alpha value is -1.06. The predicted molar refractivity (Wildman–Crippen MR) is 45.1 cm³/mol. The molecule has 13 heavy (non-hydrogen) atoms. The number of unbranched alkanes of at least 4 members (excludes halogenated alkanes) is 1. The summed E-state index contributed by atoms with van der Waals surface area (Å²) in [5, 5.41) is 8.60. The molecule has 74 valence electrons. The van der Waals surface area contributed by atoms with Gasteiger partial charge in [0, 0.05) is 6.42 Å². The van der Waals surface area contributed by atoms with E-state index in [9.17, 15) is 9.59 Å². The topological polar surface area (TPSA) is 63.6 Å². The summed E-state index contributed by atoms with van der Waals surface area (Å²) in [4.78, 5) is 21.6. The van der Waals surface area contributed by atoms with Crippen LogP contribution in [0.25, 0.3) is 0 Å². The predicted octanol–water partition coefficient (Wildman–Crippen LogP) is 1.19. The summed E-state index contributed by atoms with van der Waals surface area (Å²) in [6.45, 7) is 2.04. The Bertz CT molecular complexity index is 212. The highest BCUT2D eigenvalue weighted by atomic mass is 16.6. The number of ether oxygens (including phenoxy) is 1. The number of carbonyl (C=O) groups excluding carboxylic acids is 1. The van der Waals surface area contributed by atoms with E-state index >= 15 is 0 Å². The molecule has 1 N–H and O–H groups in total. The molecule has 0 bridgehead atoms. The first-order valence-electron chi connectivity index (χ1n) is 4.58. The van der Waals surface area contributed by atoms with Crippen molar-refractivity contribution >= 4 is 11.9 Å². The van der Waals surface area contributed by atoms with Crippen LogP contribution in [-0.2, 0) is 14.3 Å². The maximum atomic E-state index is 11.1. The van der Waals surface area contributed by atoms with Gasteiger partial charge in [0.05, 0.1) is 5.92 Å². The quantitative estimate of drug-likeness (QED) is 0.670. The Labute approximate surface area is 76.9 Å². The third-order valence-electron chi connectivity index (χ3n) is 2.27. The summed E-state index contributed by atoms with van der Waals surface area (Å²) in [6, 6.07) is 0. The Morgan fingerprint density at radius 3 is 2.85 bits per heavy atom. The van der Waals surface area contributed by atoms with E-state index in [1.54, 1.807) is 0 Å². The summed E-state index contributed by atoms with van der Waals surface area (Å²) >= 11 is 0. The maximum Gasteiger partial charge on any atom is 0.345 e. The van der Waals surface area contributed by atoms with Crippen molar-refractivity contribution in [2.75, 3.05) is 0 Å². The number of esters is 1. The van der Waals surface area contributed by atoms with Gasteiger partial charge in [-0.15, -0.1) is 0 Å². The lowest BCUT2D eigenvalue weighted by Crippen LogP contribution is -2.18. The van der Waals surface area contributed by atoms with Gasteiger partial charge in [0.1, 0.15) is 0 Å². The van der Waals surface area contributed by atoms with Gasteiger partial charge in [0.2, 0.25) is 0 Å². The standard InChI is InChI=1S/C9H14O4/c1-2-3-4-6-5-7(8(10)11)13-9(6)12/h6-7H,2-5H2,1H3,(H,10,11)/t6-,7+/m0/s1. The van der Waals surface area contributed by atoms with Crippen LogP contribution in [-0.4, -0.2) is 23.1 Å². The van der Waals surface area contributed by atoms with Gasteiger partial charge in [0.25, 0.3) is 0 Å². The Morgan fingerprint density at radius 2 is 2.38 bits per heavy atom. The number of hydrogen-bond acceptors (Lipinski definition) is 3. The first kappa shape index (κ1) is 10.0. The fraction of sp³-hybridized carbons (Fsp3) is 0.778. The summed E-state index contributed by atoms with van der Waals surface area (Å²) in [5.74, 6) is -1.57. The van der Waals surface area contributed by atoms with Crippen LogP contribution in [0.2, 0.25) is 0 Å². The van der Waals surface area contributed by atoms with E-state index in [-0.39, 0.29) is 11.9 Å². The zero-order valence-corrected chi connectivity index (χ0v) is 7.66. The van der Waals surface area contributed by atoms with Crippen molar-refractivity contribution in [1.29, 1.82) is 0 Å². The normalized spacial score (nSPS) is 27.3. The van der Waals surface area contributed by atoms with Crippen molar-refractivity contribution in [3.8, 4) is 0 Å². The molecule has 4 nitrogen and oxygen atoms in total. The highest BCUT2D eigenvalue weighted by Crippen LogP contribution is 2.25. The molecule has 1 heterocycles. The van der Waals surface area contributed by atoms with Gasteiger partial charge < -0.3 is 9.84 Å². The van der Waals surface area contributed by atoms with Gasteiger partial charge in [0.15, 0.2) is 6.10 Å². The fourth-order valence-electron chi connectivity index (χ4n) is 1.48. The van der Waals surface area contributed by atoms with E-state index < -0.39 is 12.1 Å². The number of hydrogen-bond donors (Lipinski definition) is 1. The van der Waals surface area contributed by atoms with E-state index in [2.05, 4.69) is 0 Å². The van der Waals surface area contributed by atoms with Crippen LogP contribution < -0.4 is 0 Å². The number of carboxylic acids is 1. The van der Waals surface area contributed by atoms with Crippen LogP contribution in [0, 0.1) is 5.92 Å². The zero-order valence-electron chi connectivity index (χ0n) is 7.66. The van der Waals surface area contributed by atoms with E-state index in [4.69, 9.17) is 9.84 Å². The van der Waals surface area contributed by atoms with E-state index in [0.29, 0.717) is 6.42 Å². The molecular weight excluding hydrogens is 172 g/mol. The summed E-state index contributed by atoms with van der Waals surface area (Å²) in [5.41, 5.74) is 0. The SMILES string of the molecule is CCCC[C@H]1C[C@H](C(=O)O)OC1=O. The van der Waals surface area contributed by atoms with E-state index in [0.717, 1.165) is 19.3 Å². The van der Waals surface area contributed by atoms with Crippen molar-refractivity contribution in [2.24, 2.45) is 5.92 Å². The minimum Gasteiger partial charge on any atom is -0.479 e.